The Bertz CT molecular complexity index is 969. The lowest BCUT2D eigenvalue weighted by atomic mass is 10.1. The van der Waals surface area contributed by atoms with Crippen LogP contribution in [-0.2, 0) is 10.0 Å². The van der Waals surface area contributed by atoms with Crippen molar-refractivity contribution in [3.63, 3.8) is 0 Å². The number of rotatable bonds is 2. The maximum absolute atomic E-state index is 12.6. The molecule has 1 aliphatic rings. The number of sulfonamides is 1. The molecule has 0 radical (unpaired) electrons. The lowest BCUT2D eigenvalue weighted by molar-refractivity contribution is 0.0926. The minimum atomic E-state index is -4.20. The second-order valence-corrected chi connectivity index (χ2v) is 6.52. The van der Waals surface area contributed by atoms with Gasteiger partial charge in [-0.2, -0.15) is 0 Å². The van der Waals surface area contributed by atoms with Gasteiger partial charge in [-0.25, -0.2) is 18.5 Å². The van der Waals surface area contributed by atoms with Crippen LogP contribution in [0.2, 0.25) is 0 Å². The molecule has 0 atom stereocenters. The molecule has 2 aromatic rings. The fraction of sp³-hybridized carbons (Fsp3) is 0. The summed E-state index contributed by atoms with van der Waals surface area (Å²) in [5.41, 5.74) is 11.6. The third-order valence-electron chi connectivity index (χ3n) is 3.48. The zero-order chi connectivity index (χ0) is 16.9. The molecule has 0 saturated heterocycles. The topological polar surface area (TPSA) is 150 Å². The maximum Gasteiger partial charge on any atom is 0.268 e. The van der Waals surface area contributed by atoms with E-state index in [0.29, 0.717) is 0 Å². The van der Waals surface area contributed by atoms with Crippen LogP contribution in [-0.4, -0.2) is 20.2 Å². The van der Waals surface area contributed by atoms with Crippen LogP contribution < -0.4 is 21.5 Å². The average Bonchev–Trinajstić information content (AvgIpc) is 2.71. The number of imide groups is 1. The standard InChI is InChI=1S/C14H12N4O4S/c15-7-4-5-10(11(6-7)23(17,21)22)18-13(19)8-2-1-3-9(16)12(8)14(18)20/h1-6H,15-16H2,(H2,17,21,22). The van der Waals surface area contributed by atoms with E-state index >= 15 is 0 Å². The van der Waals surface area contributed by atoms with Gasteiger partial charge >= 0.3 is 0 Å². The van der Waals surface area contributed by atoms with Crippen LogP contribution in [0.25, 0.3) is 0 Å². The van der Waals surface area contributed by atoms with E-state index in [9.17, 15) is 18.0 Å². The lowest BCUT2D eigenvalue weighted by Crippen LogP contribution is -2.31. The zero-order valence-corrected chi connectivity index (χ0v) is 12.5. The zero-order valence-electron chi connectivity index (χ0n) is 11.7. The number of nitrogen functional groups attached to an aromatic ring is 2. The number of hydrogen-bond donors (Lipinski definition) is 3. The van der Waals surface area contributed by atoms with Crippen LogP contribution in [0.5, 0.6) is 0 Å². The largest absolute Gasteiger partial charge is 0.399 e. The highest BCUT2D eigenvalue weighted by Crippen LogP contribution is 2.35. The minimum Gasteiger partial charge on any atom is -0.399 e. The molecule has 0 fully saturated rings. The summed E-state index contributed by atoms with van der Waals surface area (Å²) < 4.78 is 23.5. The van der Waals surface area contributed by atoms with Crippen molar-refractivity contribution in [1.29, 1.82) is 0 Å². The number of amides is 2. The van der Waals surface area contributed by atoms with Gasteiger partial charge in [0.15, 0.2) is 0 Å². The van der Waals surface area contributed by atoms with E-state index in [4.69, 9.17) is 16.6 Å². The molecule has 9 heteroatoms. The summed E-state index contributed by atoms with van der Waals surface area (Å²) in [4.78, 5) is 25.4. The highest BCUT2D eigenvalue weighted by Gasteiger charge is 2.40. The molecule has 0 aromatic heterocycles. The van der Waals surface area contributed by atoms with Crippen LogP contribution in [0.1, 0.15) is 20.7 Å². The van der Waals surface area contributed by atoms with E-state index in [-0.39, 0.29) is 28.2 Å². The Kier molecular flexibility index (Phi) is 3.13. The second kappa shape index (κ2) is 4.80. The van der Waals surface area contributed by atoms with Gasteiger partial charge in [0.2, 0.25) is 10.0 Å². The number of fused-ring (bicyclic) bond motifs is 1. The Hall–Kier alpha value is -2.91. The monoisotopic (exact) mass is 332 g/mol. The van der Waals surface area contributed by atoms with Gasteiger partial charge < -0.3 is 11.5 Å². The van der Waals surface area contributed by atoms with Crippen molar-refractivity contribution in [2.45, 2.75) is 4.90 Å². The van der Waals surface area contributed by atoms with Crippen molar-refractivity contribution in [3.05, 3.63) is 47.5 Å². The third-order valence-corrected chi connectivity index (χ3v) is 4.42. The van der Waals surface area contributed by atoms with E-state index in [1.165, 1.54) is 30.3 Å². The van der Waals surface area contributed by atoms with Gasteiger partial charge in [-0.1, -0.05) is 6.07 Å². The van der Waals surface area contributed by atoms with Gasteiger partial charge in [0.05, 0.1) is 16.8 Å². The normalized spacial score (nSPS) is 14.2. The van der Waals surface area contributed by atoms with Crippen molar-refractivity contribution in [3.8, 4) is 0 Å². The molecule has 8 nitrogen and oxygen atoms in total. The van der Waals surface area contributed by atoms with Crippen LogP contribution in [0.3, 0.4) is 0 Å². The average molecular weight is 332 g/mol. The summed E-state index contributed by atoms with van der Waals surface area (Å²) >= 11 is 0. The van der Waals surface area contributed by atoms with E-state index in [1.807, 2.05) is 0 Å². The summed E-state index contributed by atoms with van der Waals surface area (Å²) in [5.74, 6) is -1.38. The Labute approximate surface area is 131 Å². The van der Waals surface area contributed by atoms with Crippen LogP contribution in [0, 0.1) is 0 Å². The first-order valence-electron chi connectivity index (χ1n) is 6.41. The first kappa shape index (κ1) is 15.0. The Balaban J connectivity index is 2.25. The van der Waals surface area contributed by atoms with E-state index in [1.54, 1.807) is 0 Å². The number of primary sulfonamides is 1. The summed E-state index contributed by atoms with van der Waals surface area (Å²) in [6.07, 6.45) is 0. The highest BCUT2D eigenvalue weighted by molar-refractivity contribution is 7.89. The first-order valence-corrected chi connectivity index (χ1v) is 7.96. The molecule has 2 amide bonds. The van der Waals surface area contributed by atoms with Crippen molar-refractivity contribution in [2.75, 3.05) is 16.4 Å². The van der Waals surface area contributed by atoms with Gasteiger partial charge in [-0.3, -0.25) is 9.59 Å². The maximum atomic E-state index is 12.6. The lowest BCUT2D eigenvalue weighted by Gasteiger charge is -2.17. The Morgan fingerprint density at radius 3 is 2.26 bits per heavy atom. The molecule has 0 spiro atoms. The van der Waals surface area contributed by atoms with E-state index in [2.05, 4.69) is 0 Å². The predicted octanol–water partition coefficient (Wildman–Crippen LogP) is 0.299. The quantitative estimate of drug-likeness (QED) is 0.531. The summed E-state index contributed by atoms with van der Waals surface area (Å²) in [6, 6.07) is 8.19. The fourth-order valence-corrected chi connectivity index (χ4v) is 3.22. The van der Waals surface area contributed by atoms with E-state index < -0.39 is 26.7 Å². The van der Waals surface area contributed by atoms with Crippen molar-refractivity contribution >= 4 is 38.9 Å². The number of carbonyl (C=O) groups excluding carboxylic acids is 2. The van der Waals surface area contributed by atoms with Crippen LogP contribution in [0.15, 0.2) is 41.3 Å². The van der Waals surface area contributed by atoms with E-state index in [0.717, 1.165) is 11.0 Å². The van der Waals surface area contributed by atoms with Gasteiger partial charge in [0.1, 0.15) is 4.90 Å². The molecule has 2 aromatic carbocycles. The summed E-state index contributed by atoms with van der Waals surface area (Å²) in [5, 5.41) is 5.16. The number of benzene rings is 2. The molecular weight excluding hydrogens is 320 g/mol. The molecule has 0 aliphatic carbocycles. The molecule has 0 saturated carbocycles. The third kappa shape index (κ3) is 2.22. The number of nitrogens with two attached hydrogens (primary N) is 3. The van der Waals surface area contributed by atoms with Crippen molar-refractivity contribution < 1.29 is 18.0 Å². The van der Waals surface area contributed by atoms with Crippen molar-refractivity contribution in [2.24, 2.45) is 5.14 Å². The van der Waals surface area contributed by atoms with Crippen molar-refractivity contribution in [1.82, 2.24) is 0 Å². The van der Waals surface area contributed by atoms with Gasteiger partial charge in [-0.15, -0.1) is 0 Å². The Morgan fingerprint density at radius 1 is 0.957 bits per heavy atom. The summed E-state index contributed by atoms with van der Waals surface area (Å²) in [6.45, 7) is 0. The fourth-order valence-electron chi connectivity index (χ4n) is 2.47. The number of nitrogens with zero attached hydrogens (tertiary/aromatic N) is 1. The predicted molar refractivity (Wildman–Crippen MR) is 84.2 cm³/mol. The second-order valence-electron chi connectivity index (χ2n) is 4.99. The summed E-state index contributed by atoms with van der Waals surface area (Å²) in [7, 11) is -4.20. The number of hydrogen-bond acceptors (Lipinski definition) is 6. The van der Waals surface area contributed by atoms with Gasteiger partial charge in [-0.05, 0) is 30.3 Å². The number of carbonyl (C=O) groups is 2. The van der Waals surface area contributed by atoms with Gasteiger partial charge in [0.25, 0.3) is 11.8 Å². The number of anilines is 3. The first-order chi connectivity index (χ1) is 10.7. The van der Waals surface area contributed by atoms with Gasteiger partial charge in [0, 0.05) is 11.4 Å². The molecule has 118 valence electrons. The smallest absolute Gasteiger partial charge is 0.268 e. The SMILES string of the molecule is Nc1ccc(N2C(=O)c3cccc(N)c3C2=O)c(S(N)(=O)=O)c1. The Morgan fingerprint density at radius 2 is 1.65 bits per heavy atom. The minimum absolute atomic E-state index is 0.0368. The highest BCUT2D eigenvalue weighted by atomic mass is 32.2. The molecular formula is C14H12N4O4S. The van der Waals surface area contributed by atoms with Crippen LogP contribution >= 0.6 is 0 Å². The molecule has 23 heavy (non-hydrogen) atoms. The molecule has 1 aliphatic heterocycles. The molecule has 0 unspecified atom stereocenters. The molecule has 3 rings (SSSR count). The molecule has 0 bridgehead atoms. The molecule has 6 N–H and O–H groups in total. The molecule has 1 heterocycles. The van der Waals surface area contributed by atoms with Crippen LogP contribution in [0.4, 0.5) is 17.1 Å².